The van der Waals surface area contributed by atoms with Crippen LogP contribution in [-0.4, -0.2) is 64.2 Å². The fourth-order valence-corrected chi connectivity index (χ4v) is 3.61. The number of hydrogen-bond donors (Lipinski definition) is 3. The van der Waals surface area contributed by atoms with Gasteiger partial charge < -0.3 is 25.4 Å². The van der Waals surface area contributed by atoms with Crippen molar-refractivity contribution in [3.05, 3.63) is 42.5 Å². The molecule has 0 radical (unpaired) electrons. The molecule has 3 amide bonds. The molecule has 1 aromatic carbocycles. The summed E-state index contributed by atoms with van der Waals surface area (Å²) in [5.74, 6) is -0.415. The second-order valence-corrected chi connectivity index (χ2v) is 9.87. The van der Waals surface area contributed by atoms with Gasteiger partial charge >= 0.3 is 6.09 Å². The van der Waals surface area contributed by atoms with E-state index in [4.69, 9.17) is 4.74 Å². The quantitative estimate of drug-likeness (QED) is 0.419. The van der Waals surface area contributed by atoms with Gasteiger partial charge in [-0.05, 0) is 59.1 Å². The van der Waals surface area contributed by atoms with Crippen molar-refractivity contribution in [1.82, 2.24) is 15.5 Å². The number of nitrogens with one attached hydrogen (secondary N) is 2. The van der Waals surface area contributed by atoms with Crippen LogP contribution in [0, 0.1) is 0 Å². The lowest BCUT2D eigenvalue weighted by molar-refractivity contribution is -0.142. The largest absolute Gasteiger partial charge is 0.508 e. The van der Waals surface area contributed by atoms with Crippen LogP contribution in [0.25, 0.3) is 0 Å². The number of nitrogens with zero attached hydrogens (tertiary/aromatic N) is 1. The molecule has 0 fully saturated rings. The molecule has 2 atom stereocenters. The molecule has 33 heavy (non-hydrogen) atoms. The van der Waals surface area contributed by atoms with Crippen LogP contribution in [0.5, 0.6) is 5.75 Å². The van der Waals surface area contributed by atoms with Crippen LogP contribution in [0.15, 0.2) is 36.9 Å². The third-order valence-electron chi connectivity index (χ3n) is 4.43. The van der Waals surface area contributed by atoms with Crippen molar-refractivity contribution in [2.75, 3.05) is 18.6 Å². The predicted molar refractivity (Wildman–Crippen MR) is 132 cm³/mol. The summed E-state index contributed by atoms with van der Waals surface area (Å²) in [5, 5.41) is 16.0. The number of amides is 3. The number of phenolic OH excluding ortho intramolecular Hbond substituents is 1. The minimum Gasteiger partial charge on any atom is -0.508 e. The molecule has 184 valence electrons. The molecule has 0 heterocycles. The minimum absolute atomic E-state index is 0.0368. The van der Waals surface area contributed by atoms with E-state index in [2.05, 4.69) is 17.2 Å². The Balaban J connectivity index is 3.40. The van der Waals surface area contributed by atoms with E-state index in [-0.39, 0.29) is 23.9 Å². The van der Waals surface area contributed by atoms with Gasteiger partial charge in [-0.15, -0.1) is 6.58 Å². The Morgan fingerprint density at radius 3 is 2.36 bits per heavy atom. The fraction of sp³-hybridized carbons (Fsp3) is 0.542. The van der Waals surface area contributed by atoms with Gasteiger partial charge in [0, 0.05) is 18.2 Å². The monoisotopic (exact) mass is 479 g/mol. The Kier molecular flexibility index (Phi) is 11.3. The van der Waals surface area contributed by atoms with Crippen molar-refractivity contribution in [3.63, 3.8) is 0 Å². The van der Waals surface area contributed by atoms with Gasteiger partial charge in [-0.1, -0.05) is 24.3 Å². The highest BCUT2D eigenvalue weighted by molar-refractivity contribution is 7.98. The zero-order valence-corrected chi connectivity index (χ0v) is 21.2. The SMILES string of the molecule is C=CCN(C(=O)C(CCSC)NC(=O)OC(C)(C)C)C(C(=O)NC(C)C)c1ccccc1O. The minimum atomic E-state index is -1.11. The Hall–Kier alpha value is -2.68. The van der Waals surface area contributed by atoms with Crippen molar-refractivity contribution < 1.29 is 24.2 Å². The molecule has 0 aromatic heterocycles. The van der Waals surface area contributed by atoms with Gasteiger partial charge in [-0.2, -0.15) is 11.8 Å². The molecule has 0 spiro atoms. The molecule has 2 unspecified atom stereocenters. The van der Waals surface area contributed by atoms with E-state index < -0.39 is 35.6 Å². The normalized spacial score (nSPS) is 13.1. The van der Waals surface area contributed by atoms with Crippen LogP contribution in [0.3, 0.4) is 0 Å². The third-order valence-corrected chi connectivity index (χ3v) is 5.07. The number of carbonyl (C=O) groups excluding carboxylic acids is 3. The molecule has 3 N–H and O–H groups in total. The van der Waals surface area contributed by atoms with E-state index in [0.29, 0.717) is 12.2 Å². The highest BCUT2D eigenvalue weighted by Crippen LogP contribution is 2.30. The highest BCUT2D eigenvalue weighted by Gasteiger charge is 2.36. The van der Waals surface area contributed by atoms with Crippen molar-refractivity contribution in [2.45, 2.75) is 64.8 Å². The summed E-state index contributed by atoms with van der Waals surface area (Å²) in [6, 6.07) is 4.17. The first-order valence-electron chi connectivity index (χ1n) is 10.9. The zero-order chi connectivity index (χ0) is 25.2. The summed E-state index contributed by atoms with van der Waals surface area (Å²) in [6.07, 6.45) is 3.03. The van der Waals surface area contributed by atoms with E-state index in [1.807, 2.05) is 20.1 Å². The molecule has 9 heteroatoms. The molecule has 1 aromatic rings. The van der Waals surface area contributed by atoms with E-state index >= 15 is 0 Å². The number of phenols is 1. The molecular weight excluding hydrogens is 442 g/mol. The lowest BCUT2D eigenvalue weighted by Crippen LogP contribution is -2.53. The van der Waals surface area contributed by atoms with Crippen LogP contribution in [0.2, 0.25) is 0 Å². The van der Waals surface area contributed by atoms with Crippen molar-refractivity contribution >= 4 is 29.7 Å². The van der Waals surface area contributed by atoms with Crippen molar-refractivity contribution in [2.24, 2.45) is 0 Å². The molecule has 0 bridgehead atoms. The van der Waals surface area contributed by atoms with Crippen LogP contribution in [-0.2, 0) is 14.3 Å². The number of hydrogen-bond acceptors (Lipinski definition) is 6. The van der Waals surface area contributed by atoms with Gasteiger partial charge in [0.2, 0.25) is 11.8 Å². The maximum atomic E-state index is 13.7. The smallest absolute Gasteiger partial charge is 0.408 e. The predicted octanol–water partition coefficient (Wildman–Crippen LogP) is 3.62. The van der Waals surface area contributed by atoms with Gasteiger partial charge in [0.1, 0.15) is 23.4 Å². The lowest BCUT2D eigenvalue weighted by atomic mass is 10.0. The summed E-state index contributed by atoms with van der Waals surface area (Å²) in [5.41, 5.74) is -0.445. The Morgan fingerprint density at radius 1 is 1.21 bits per heavy atom. The van der Waals surface area contributed by atoms with E-state index in [0.717, 1.165) is 0 Å². The van der Waals surface area contributed by atoms with Crippen molar-refractivity contribution in [3.8, 4) is 5.75 Å². The van der Waals surface area contributed by atoms with Crippen LogP contribution in [0.1, 0.15) is 52.6 Å². The zero-order valence-electron chi connectivity index (χ0n) is 20.4. The average Bonchev–Trinajstić information content (AvgIpc) is 2.69. The molecule has 0 saturated heterocycles. The van der Waals surface area contributed by atoms with Gasteiger partial charge in [0.15, 0.2) is 0 Å². The number of carbonyl (C=O) groups is 3. The van der Waals surface area contributed by atoms with Crippen molar-refractivity contribution in [1.29, 1.82) is 0 Å². The first-order valence-corrected chi connectivity index (χ1v) is 12.3. The molecule has 0 aliphatic rings. The van der Waals surface area contributed by atoms with E-state index in [1.165, 1.54) is 28.8 Å². The number of benzene rings is 1. The summed E-state index contributed by atoms with van der Waals surface area (Å²) < 4.78 is 5.34. The average molecular weight is 480 g/mol. The maximum absolute atomic E-state index is 13.7. The Labute approximate surface area is 201 Å². The van der Waals surface area contributed by atoms with Crippen LogP contribution < -0.4 is 10.6 Å². The van der Waals surface area contributed by atoms with Crippen LogP contribution in [0.4, 0.5) is 4.79 Å². The van der Waals surface area contributed by atoms with Gasteiger partial charge in [-0.25, -0.2) is 4.79 Å². The number of ether oxygens (including phenoxy) is 1. The third kappa shape index (κ3) is 9.37. The van der Waals surface area contributed by atoms with Gasteiger partial charge in [0.25, 0.3) is 0 Å². The summed E-state index contributed by atoms with van der Waals surface area (Å²) in [6.45, 7) is 12.6. The van der Waals surface area contributed by atoms with Crippen LogP contribution >= 0.6 is 11.8 Å². The molecule has 0 aliphatic heterocycles. The first kappa shape index (κ1) is 28.4. The number of alkyl carbamates (subject to hydrolysis) is 1. The summed E-state index contributed by atoms with van der Waals surface area (Å²) in [7, 11) is 0. The molecular formula is C24H37N3O5S. The van der Waals surface area contributed by atoms with Gasteiger partial charge in [-0.3, -0.25) is 9.59 Å². The number of aromatic hydroxyl groups is 1. The Bertz CT molecular complexity index is 823. The second-order valence-electron chi connectivity index (χ2n) is 8.88. The molecule has 1 rings (SSSR count). The second kappa shape index (κ2) is 13.1. The first-order chi connectivity index (χ1) is 15.4. The van der Waals surface area contributed by atoms with Gasteiger partial charge in [0.05, 0.1) is 0 Å². The molecule has 0 saturated carbocycles. The standard InChI is InChI=1S/C24H37N3O5S/c1-8-14-27(20(21(29)25-16(2)3)17-11-9-10-12-19(17)28)22(30)18(13-15-33-7)26-23(31)32-24(4,5)6/h8-12,16,18,20,28H,1,13-15H2,2-7H3,(H,25,29)(H,26,31). The Morgan fingerprint density at radius 2 is 1.85 bits per heavy atom. The highest BCUT2D eigenvalue weighted by atomic mass is 32.2. The number of para-hydroxylation sites is 1. The summed E-state index contributed by atoms with van der Waals surface area (Å²) in [4.78, 5) is 40.7. The fourth-order valence-electron chi connectivity index (χ4n) is 3.14. The summed E-state index contributed by atoms with van der Waals surface area (Å²) >= 11 is 1.53. The molecule has 0 aliphatic carbocycles. The lowest BCUT2D eigenvalue weighted by Gasteiger charge is -2.34. The van der Waals surface area contributed by atoms with E-state index in [1.54, 1.807) is 39.0 Å². The molecule has 8 nitrogen and oxygen atoms in total. The van der Waals surface area contributed by atoms with E-state index in [9.17, 15) is 19.5 Å². The maximum Gasteiger partial charge on any atom is 0.408 e. The number of thioether (sulfide) groups is 1. The number of rotatable bonds is 11. The topological polar surface area (TPSA) is 108 Å².